The molecule has 21 heavy (non-hydrogen) atoms. The first-order chi connectivity index (χ1) is 9.77. The Bertz CT molecular complexity index is 649. The summed E-state index contributed by atoms with van der Waals surface area (Å²) in [5, 5.41) is 5.55. The molecule has 0 fully saturated rings. The molecule has 0 radical (unpaired) electrons. The standard InChI is InChI=1S/C12H8ClF4N3O/c13-9-2-1-3-10(14)8(9)6-20-5-7(4-18-20)19-11(21)12(15,16)17/h1-5H,6H2,(H,19,21). The van der Waals surface area contributed by atoms with E-state index in [4.69, 9.17) is 11.6 Å². The number of carbonyl (C=O) groups is 1. The van der Waals surface area contributed by atoms with Gasteiger partial charge in [0.05, 0.1) is 18.4 Å². The first-order valence-corrected chi connectivity index (χ1v) is 5.98. The number of hydrogen-bond donors (Lipinski definition) is 1. The second kappa shape index (κ2) is 5.72. The number of halogens is 5. The maximum absolute atomic E-state index is 13.6. The number of hydrogen-bond acceptors (Lipinski definition) is 2. The third-order valence-electron chi connectivity index (χ3n) is 2.53. The molecule has 2 aromatic rings. The fraction of sp³-hybridized carbons (Fsp3) is 0.167. The van der Waals surface area contributed by atoms with Crippen molar-refractivity contribution in [1.29, 1.82) is 0 Å². The van der Waals surface area contributed by atoms with Crippen molar-refractivity contribution in [2.45, 2.75) is 12.7 Å². The lowest BCUT2D eigenvalue weighted by Crippen LogP contribution is -2.29. The molecule has 0 bridgehead atoms. The van der Waals surface area contributed by atoms with Gasteiger partial charge in [0.25, 0.3) is 0 Å². The molecule has 0 aliphatic carbocycles. The highest BCUT2D eigenvalue weighted by molar-refractivity contribution is 6.31. The minimum atomic E-state index is -4.99. The van der Waals surface area contributed by atoms with Gasteiger partial charge in [0.1, 0.15) is 5.82 Å². The van der Waals surface area contributed by atoms with Crippen molar-refractivity contribution in [2.75, 3.05) is 5.32 Å². The monoisotopic (exact) mass is 321 g/mol. The number of alkyl halides is 3. The summed E-state index contributed by atoms with van der Waals surface area (Å²) in [6.07, 6.45) is -2.82. The number of carbonyl (C=O) groups excluding carboxylic acids is 1. The number of aromatic nitrogens is 2. The normalized spacial score (nSPS) is 11.5. The van der Waals surface area contributed by atoms with E-state index in [1.807, 2.05) is 0 Å². The van der Waals surface area contributed by atoms with E-state index in [1.54, 1.807) is 5.32 Å². The molecule has 0 saturated carbocycles. The van der Waals surface area contributed by atoms with Crippen molar-refractivity contribution in [2.24, 2.45) is 0 Å². The fourth-order valence-electron chi connectivity index (χ4n) is 1.56. The molecule has 9 heteroatoms. The molecule has 1 aromatic heterocycles. The second-order valence-corrected chi connectivity index (χ2v) is 4.49. The highest BCUT2D eigenvalue weighted by atomic mass is 35.5. The minimum absolute atomic E-state index is 0.0760. The van der Waals surface area contributed by atoms with Crippen molar-refractivity contribution in [1.82, 2.24) is 9.78 Å². The molecule has 0 atom stereocenters. The molecular formula is C12H8ClF4N3O. The predicted molar refractivity (Wildman–Crippen MR) is 67.4 cm³/mol. The fourth-order valence-corrected chi connectivity index (χ4v) is 1.78. The van der Waals surface area contributed by atoms with Crippen LogP contribution in [-0.4, -0.2) is 21.9 Å². The highest BCUT2D eigenvalue weighted by Crippen LogP contribution is 2.21. The zero-order chi connectivity index (χ0) is 15.6. The van der Waals surface area contributed by atoms with E-state index in [9.17, 15) is 22.4 Å². The molecule has 0 saturated heterocycles. The van der Waals surface area contributed by atoms with Gasteiger partial charge in [-0.25, -0.2) is 4.39 Å². The van der Waals surface area contributed by atoms with Crippen molar-refractivity contribution in [3.63, 3.8) is 0 Å². The van der Waals surface area contributed by atoms with Gasteiger partial charge >= 0.3 is 12.1 Å². The van der Waals surface area contributed by atoms with Gasteiger partial charge in [0.15, 0.2) is 0 Å². The molecule has 4 nitrogen and oxygen atoms in total. The van der Waals surface area contributed by atoms with Crippen LogP contribution < -0.4 is 5.32 Å². The van der Waals surface area contributed by atoms with Crippen molar-refractivity contribution >= 4 is 23.2 Å². The number of nitrogens with one attached hydrogen (secondary N) is 1. The maximum atomic E-state index is 13.6. The Hall–Kier alpha value is -2.09. The van der Waals surface area contributed by atoms with Crippen LogP contribution in [0.4, 0.5) is 23.2 Å². The van der Waals surface area contributed by atoms with E-state index in [0.717, 1.165) is 17.1 Å². The van der Waals surface area contributed by atoms with Crippen molar-refractivity contribution in [3.05, 3.63) is 47.0 Å². The van der Waals surface area contributed by atoms with E-state index >= 15 is 0 Å². The maximum Gasteiger partial charge on any atom is 0.471 e. The molecule has 1 amide bonds. The lowest BCUT2D eigenvalue weighted by Gasteiger charge is -2.06. The first kappa shape index (κ1) is 15.3. The summed E-state index contributed by atoms with van der Waals surface area (Å²) in [7, 11) is 0. The largest absolute Gasteiger partial charge is 0.471 e. The number of amides is 1. The van der Waals surface area contributed by atoms with Gasteiger partial charge in [-0.05, 0) is 12.1 Å². The van der Waals surface area contributed by atoms with Gasteiger partial charge in [0, 0.05) is 16.8 Å². The zero-order valence-electron chi connectivity index (χ0n) is 10.3. The average Bonchev–Trinajstić information content (AvgIpc) is 2.80. The Morgan fingerprint density at radius 2 is 2.10 bits per heavy atom. The van der Waals surface area contributed by atoms with Crippen LogP contribution in [-0.2, 0) is 11.3 Å². The van der Waals surface area contributed by atoms with E-state index in [0.29, 0.717) is 0 Å². The summed E-state index contributed by atoms with van der Waals surface area (Å²) in [6.45, 7) is -0.0760. The molecule has 2 rings (SSSR count). The van der Waals surface area contributed by atoms with E-state index in [2.05, 4.69) is 5.10 Å². The number of benzene rings is 1. The quantitative estimate of drug-likeness (QED) is 0.882. The molecule has 1 heterocycles. The Morgan fingerprint density at radius 3 is 2.71 bits per heavy atom. The van der Waals surface area contributed by atoms with Gasteiger partial charge in [-0.2, -0.15) is 18.3 Å². The molecule has 0 spiro atoms. The molecular weight excluding hydrogens is 314 g/mol. The molecule has 1 aromatic carbocycles. The van der Waals surface area contributed by atoms with Crippen LogP contribution in [0.1, 0.15) is 5.56 Å². The third-order valence-corrected chi connectivity index (χ3v) is 2.88. The van der Waals surface area contributed by atoms with Crippen molar-refractivity contribution < 1.29 is 22.4 Å². The summed E-state index contributed by atoms with van der Waals surface area (Å²) in [4.78, 5) is 10.8. The number of anilines is 1. The smallest absolute Gasteiger partial charge is 0.316 e. The van der Waals surface area contributed by atoms with Gasteiger partial charge in [-0.3, -0.25) is 9.48 Å². The van der Waals surface area contributed by atoms with Crippen LogP contribution >= 0.6 is 11.6 Å². The number of rotatable bonds is 3. The Balaban J connectivity index is 2.12. The van der Waals surface area contributed by atoms with Gasteiger partial charge in [-0.15, -0.1) is 0 Å². The van der Waals surface area contributed by atoms with E-state index in [1.165, 1.54) is 18.2 Å². The summed E-state index contributed by atoms with van der Waals surface area (Å²) < 4.78 is 51.0. The average molecular weight is 322 g/mol. The predicted octanol–water partition coefficient (Wildman–Crippen LogP) is 3.22. The summed E-state index contributed by atoms with van der Waals surface area (Å²) in [5.41, 5.74) is 0.000696. The highest BCUT2D eigenvalue weighted by Gasteiger charge is 2.38. The lowest BCUT2D eigenvalue weighted by molar-refractivity contribution is -0.167. The Kier molecular flexibility index (Phi) is 4.17. The topological polar surface area (TPSA) is 46.9 Å². The van der Waals surface area contributed by atoms with E-state index < -0.39 is 17.9 Å². The van der Waals surface area contributed by atoms with Crippen LogP contribution in [0.25, 0.3) is 0 Å². The SMILES string of the molecule is O=C(Nc1cnn(Cc2c(F)cccc2Cl)c1)C(F)(F)F. The van der Waals surface area contributed by atoms with Gasteiger partial charge in [-0.1, -0.05) is 17.7 Å². The summed E-state index contributed by atoms with van der Waals surface area (Å²) >= 11 is 5.83. The molecule has 0 aliphatic heterocycles. The first-order valence-electron chi connectivity index (χ1n) is 5.61. The van der Waals surface area contributed by atoms with Gasteiger partial charge < -0.3 is 5.32 Å². The summed E-state index contributed by atoms with van der Waals surface area (Å²) in [6, 6.07) is 4.12. The van der Waals surface area contributed by atoms with E-state index in [-0.39, 0.29) is 22.8 Å². The zero-order valence-corrected chi connectivity index (χ0v) is 11.0. The van der Waals surface area contributed by atoms with Crippen LogP contribution in [0.15, 0.2) is 30.6 Å². The molecule has 112 valence electrons. The third kappa shape index (κ3) is 3.72. The van der Waals surface area contributed by atoms with Crippen molar-refractivity contribution in [3.8, 4) is 0 Å². The molecule has 1 N–H and O–H groups in total. The molecule has 0 aliphatic rings. The van der Waals surface area contributed by atoms with Crippen LogP contribution in [0.3, 0.4) is 0 Å². The number of nitrogens with zero attached hydrogens (tertiary/aromatic N) is 2. The second-order valence-electron chi connectivity index (χ2n) is 4.08. The van der Waals surface area contributed by atoms with Crippen LogP contribution in [0.2, 0.25) is 5.02 Å². The Labute approximate surface area is 121 Å². The summed E-state index contributed by atoms with van der Waals surface area (Å²) in [5.74, 6) is -2.66. The lowest BCUT2D eigenvalue weighted by atomic mass is 10.2. The minimum Gasteiger partial charge on any atom is -0.316 e. The van der Waals surface area contributed by atoms with Crippen LogP contribution in [0, 0.1) is 5.82 Å². The van der Waals surface area contributed by atoms with Crippen LogP contribution in [0.5, 0.6) is 0 Å². The Morgan fingerprint density at radius 1 is 1.38 bits per heavy atom. The molecule has 0 unspecified atom stereocenters. The van der Waals surface area contributed by atoms with Gasteiger partial charge in [0.2, 0.25) is 0 Å².